The number of carbonyl (C=O) groups is 1. The highest BCUT2D eigenvalue weighted by atomic mass is 16.5. The van der Waals surface area contributed by atoms with E-state index < -0.39 is 0 Å². The quantitative estimate of drug-likeness (QED) is 0.722. The number of aromatic nitrogens is 3. The molecule has 26 heavy (non-hydrogen) atoms. The highest BCUT2D eigenvalue weighted by Gasteiger charge is 2.15. The third kappa shape index (κ3) is 5.01. The highest BCUT2D eigenvalue weighted by Crippen LogP contribution is 2.22. The second kappa shape index (κ2) is 9.28. The molecule has 1 fully saturated rings. The zero-order valence-electron chi connectivity index (χ0n) is 15.2. The summed E-state index contributed by atoms with van der Waals surface area (Å²) in [6, 6.07) is 3.81. The molecule has 1 amide bonds. The van der Waals surface area contributed by atoms with Gasteiger partial charge in [0.05, 0.1) is 6.42 Å². The summed E-state index contributed by atoms with van der Waals surface area (Å²) in [5.74, 6) is 1.63. The number of hydrogen-bond acceptors (Lipinski definition) is 7. The van der Waals surface area contributed by atoms with E-state index in [0.29, 0.717) is 18.3 Å². The average molecular weight is 358 g/mol. The number of carbonyl (C=O) groups excluding carboxylic acids is 1. The lowest BCUT2D eigenvalue weighted by Crippen LogP contribution is -2.28. The molecular weight excluding hydrogens is 332 g/mol. The molecule has 0 radical (unpaired) electrons. The summed E-state index contributed by atoms with van der Waals surface area (Å²) in [4.78, 5) is 23.0. The Labute approximate surface area is 153 Å². The molecule has 1 aliphatic rings. The smallest absolute Gasteiger partial charge is 0.258 e. The van der Waals surface area contributed by atoms with Crippen molar-refractivity contribution in [3.63, 3.8) is 0 Å². The molecule has 3 heterocycles. The van der Waals surface area contributed by atoms with Crippen LogP contribution in [0.1, 0.15) is 32.0 Å². The number of hydrogen-bond donors (Lipinski definition) is 2. The van der Waals surface area contributed by atoms with Crippen LogP contribution < -0.4 is 15.5 Å². The second-order valence-electron chi connectivity index (χ2n) is 6.39. The minimum Gasteiger partial charge on any atom is -0.356 e. The van der Waals surface area contributed by atoms with Crippen LogP contribution in [0.3, 0.4) is 0 Å². The van der Waals surface area contributed by atoms with Crippen molar-refractivity contribution in [1.82, 2.24) is 25.8 Å². The normalized spacial score (nSPS) is 14.9. The Bertz CT molecular complexity index is 709. The number of unbranched alkanes of at least 4 members (excludes halogenated alkanes) is 1. The maximum atomic E-state index is 11.9. The van der Waals surface area contributed by atoms with Crippen molar-refractivity contribution in [3.8, 4) is 11.5 Å². The average Bonchev–Trinajstić information content (AvgIpc) is 2.94. The van der Waals surface area contributed by atoms with Crippen molar-refractivity contribution >= 4 is 11.7 Å². The van der Waals surface area contributed by atoms with Crippen LogP contribution in [0.25, 0.3) is 11.5 Å². The van der Waals surface area contributed by atoms with Crippen LogP contribution in [0.15, 0.2) is 22.9 Å². The van der Waals surface area contributed by atoms with Gasteiger partial charge in [0.25, 0.3) is 5.89 Å². The lowest BCUT2D eigenvalue weighted by Gasteiger charge is -2.21. The number of nitrogens with one attached hydrogen (secondary N) is 2. The summed E-state index contributed by atoms with van der Waals surface area (Å²) < 4.78 is 5.34. The third-order valence-electron chi connectivity index (χ3n) is 4.30. The molecule has 0 aliphatic carbocycles. The van der Waals surface area contributed by atoms with E-state index in [1.54, 1.807) is 6.20 Å². The van der Waals surface area contributed by atoms with E-state index >= 15 is 0 Å². The molecule has 8 nitrogen and oxygen atoms in total. The molecule has 1 aliphatic heterocycles. The minimum atomic E-state index is -0.0849. The summed E-state index contributed by atoms with van der Waals surface area (Å²) in [5, 5.41) is 10.2. The van der Waals surface area contributed by atoms with Crippen LogP contribution in [0.2, 0.25) is 0 Å². The number of pyridine rings is 1. The van der Waals surface area contributed by atoms with Crippen molar-refractivity contribution in [2.75, 3.05) is 37.6 Å². The largest absolute Gasteiger partial charge is 0.356 e. The monoisotopic (exact) mass is 358 g/mol. The fourth-order valence-corrected chi connectivity index (χ4v) is 2.85. The topological polar surface area (TPSA) is 96.2 Å². The van der Waals surface area contributed by atoms with Crippen molar-refractivity contribution in [1.29, 1.82) is 0 Å². The van der Waals surface area contributed by atoms with E-state index in [2.05, 4.69) is 37.6 Å². The van der Waals surface area contributed by atoms with Gasteiger partial charge in [-0.05, 0) is 31.5 Å². The first kappa shape index (κ1) is 18.3. The Morgan fingerprint density at radius 3 is 3.19 bits per heavy atom. The zero-order valence-corrected chi connectivity index (χ0v) is 15.2. The highest BCUT2D eigenvalue weighted by molar-refractivity contribution is 5.77. The minimum absolute atomic E-state index is 0.0849. The summed E-state index contributed by atoms with van der Waals surface area (Å²) in [5.41, 5.74) is 0.817. The van der Waals surface area contributed by atoms with E-state index in [1.807, 2.05) is 12.1 Å². The van der Waals surface area contributed by atoms with E-state index in [0.717, 1.165) is 56.8 Å². The van der Waals surface area contributed by atoms with Crippen LogP contribution in [0.4, 0.5) is 5.82 Å². The van der Waals surface area contributed by atoms with Crippen molar-refractivity contribution in [2.24, 2.45) is 0 Å². The summed E-state index contributed by atoms with van der Waals surface area (Å²) >= 11 is 0. The first-order chi connectivity index (χ1) is 12.8. The van der Waals surface area contributed by atoms with Crippen LogP contribution in [-0.4, -0.2) is 53.8 Å². The number of rotatable bonds is 7. The van der Waals surface area contributed by atoms with Gasteiger partial charge in [-0.25, -0.2) is 4.98 Å². The molecule has 2 N–H and O–H groups in total. The van der Waals surface area contributed by atoms with Gasteiger partial charge < -0.3 is 20.1 Å². The maximum absolute atomic E-state index is 11.9. The molecule has 0 saturated carbocycles. The molecule has 0 unspecified atom stereocenters. The first-order valence-corrected chi connectivity index (χ1v) is 9.27. The molecule has 0 bridgehead atoms. The molecular formula is C18H26N6O2. The Kier molecular flexibility index (Phi) is 6.54. The number of amides is 1. The van der Waals surface area contributed by atoms with Gasteiger partial charge in [-0.3, -0.25) is 4.79 Å². The van der Waals surface area contributed by atoms with Gasteiger partial charge in [0.15, 0.2) is 5.82 Å². The Morgan fingerprint density at radius 2 is 2.31 bits per heavy atom. The zero-order chi connectivity index (χ0) is 18.2. The fourth-order valence-electron chi connectivity index (χ4n) is 2.85. The predicted octanol–water partition coefficient (Wildman–Crippen LogP) is 1.39. The molecule has 0 spiro atoms. The van der Waals surface area contributed by atoms with Gasteiger partial charge >= 0.3 is 0 Å². The van der Waals surface area contributed by atoms with Gasteiger partial charge in [0.2, 0.25) is 5.91 Å². The molecule has 2 aromatic rings. The van der Waals surface area contributed by atoms with Gasteiger partial charge in [0.1, 0.15) is 5.82 Å². The van der Waals surface area contributed by atoms with Gasteiger partial charge in [-0.1, -0.05) is 18.5 Å². The SMILES string of the molecule is CCCCNC(=O)Cc1noc(-c2ccnc(N3CCCNCC3)c2)n1. The molecule has 1 saturated heterocycles. The lowest BCUT2D eigenvalue weighted by molar-refractivity contribution is -0.120. The van der Waals surface area contributed by atoms with Gasteiger partial charge in [0, 0.05) is 37.9 Å². The molecule has 3 rings (SSSR count). The van der Waals surface area contributed by atoms with Crippen LogP contribution >= 0.6 is 0 Å². The first-order valence-electron chi connectivity index (χ1n) is 9.27. The van der Waals surface area contributed by atoms with E-state index in [-0.39, 0.29) is 12.3 Å². The van der Waals surface area contributed by atoms with Gasteiger partial charge in [-0.2, -0.15) is 4.98 Å². The Balaban J connectivity index is 1.65. The van der Waals surface area contributed by atoms with Crippen LogP contribution in [0.5, 0.6) is 0 Å². The molecule has 0 aromatic carbocycles. The Morgan fingerprint density at radius 1 is 1.38 bits per heavy atom. The van der Waals surface area contributed by atoms with Crippen molar-refractivity contribution in [3.05, 3.63) is 24.2 Å². The maximum Gasteiger partial charge on any atom is 0.258 e. The molecule has 8 heteroatoms. The van der Waals surface area contributed by atoms with E-state index in [4.69, 9.17) is 4.52 Å². The summed E-state index contributed by atoms with van der Waals surface area (Å²) in [6.07, 6.45) is 4.98. The predicted molar refractivity (Wildman–Crippen MR) is 98.9 cm³/mol. The van der Waals surface area contributed by atoms with Crippen molar-refractivity contribution < 1.29 is 9.32 Å². The third-order valence-corrected chi connectivity index (χ3v) is 4.30. The summed E-state index contributed by atoms with van der Waals surface area (Å²) in [6.45, 7) is 6.63. The van der Waals surface area contributed by atoms with Crippen LogP contribution in [0, 0.1) is 0 Å². The fraction of sp³-hybridized carbons (Fsp3) is 0.556. The molecule has 2 aromatic heterocycles. The molecule has 140 valence electrons. The summed E-state index contributed by atoms with van der Waals surface area (Å²) in [7, 11) is 0. The number of nitrogens with zero attached hydrogens (tertiary/aromatic N) is 4. The van der Waals surface area contributed by atoms with E-state index in [9.17, 15) is 4.79 Å². The Hall–Kier alpha value is -2.48. The standard InChI is InChI=1S/C18H26N6O2/c1-2-3-7-21-17(25)13-15-22-18(26-23-15)14-5-8-20-16(12-14)24-10-4-6-19-9-11-24/h5,8,12,19H,2-4,6-7,9-11,13H2,1H3,(H,21,25). The van der Waals surface area contributed by atoms with Crippen molar-refractivity contribution in [2.45, 2.75) is 32.6 Å². The second-order valence-corrected chi connectivity index (χ2v) is 6.39. The van der Waals surface area contributed by atoms with E-state index in [1.165, 1.54) is 0 Å². The van der Waals surface area contributed by atoms with Gasteiger partial charge in [-0.15, -0.1) is 0 Å². The molecule has 0 atom stereocenters. The number of anilines is 1. The lowest BCUT2D eigenvalue weighted by atomic mass is 10.2. The van der Waals surface area contributed by atoms with Crippen LogP contribution in [-0.2, 0) is 11.2 Å².